The Morgan fingerprint density at radius 1 is 1.23 bits per heavy atom. The van der Waals surface area contributed by atoms with Gasteiger partial charge in [0.1, 0.15) is 15.4 Å². The molecular formula is C14H31NO5Si2. The molecular weight excluding hydrogens is 318 g/mol. The molecule has 6 nitrogen and oxygen atoms in total. The van der Waals surface area contributed by atoms with E-state index in [0.717, 1.165) is 18.9 Å². The lowest BCUT2D eigenvalue weighted by Crippen LogP contribution is -2.61. The number of hydrogen-bond acceptors (Lipinski definition) is 6. The van der Waals surface area contributed by atoms with Gasteiger partial charge in [0.15, 0.2) is 0 Å². The molecule has 2 atom stereocenters. The molecule has 1 aliphatic rings. The van der Waals surface area contributed by atoms with Crippen LogP contribution in [0.1, 0.15) is 20.8 Å². The van der Waals surface area contributed by atoms with Crippen molar-refractivity contribution >= 4 is 18.1 Å². The van der Waals surface area contributed by atoms with E-state index in [2.05, 4.69) is 11.4 Å². The van der Waals surface area contributed by atoms with Crippen molar-refractivity contribution in [2.45, 2.75) is 39.3 Å². The predicted octanol–water partition coefficient (Wildman–Crippen LogP) is 1.000. The zero-order chi connectivity index (χ0) is 16.4. The fourth-order valence-corrected chi connectivity index (χ4v) is 6.82. The van der Waals surface area contributed by atoms with Gasteiger partial charge in [0.25, 0.3) is 0 Å². The van der Waals surface area contributed by atoms with E-state index in [1.165, 1.54) is 0 Å². The first-order valence-corrected chi connectivity index (χ1v) is 11.9. The molecule has 2 radical (unpaired) electrons. The minimum atomic E-state index is -2.14. The van der Waals surface area contributed by atoms with Crippen LogP contribution in [0, 0.1) is 0 Å². The van der Waals surface area contributed by atoms with Crippen molar-refractivity contribution in [3.8, 4) is 0 Å². The molecule has 0 aromatic heterocycles. The van der Waals surface area contributed by atoms with Crippen LogP contribution in [0.2, 0.25) is 6.55 Å². The van der Waals surface area contributed by atoms with Crippen molar-refractivity contribution in [3.63, 3.8) is 0 Å². The molecule has 1 rings (SSSR count). The van der Waals surface area contributed by atoms with Gasteiger partial charge in [0.2, 0.25) is 0 Å². The lowest BCUT2D eigenvalue weighted by atomic mass is 10.3. The minimum absolute atomic E-state index is 0.0874. The second kappa shape index (κ2) is 10.9. The Kier molecular flexibility index (Phi) is 10.0. The van der Waals surface area contributed by atoms with Crippen molar-refractivity contribution in [1.82, 2.24) is 4.90 Å². The summed E-state index contributed by atoms with van der Waals surface area (Å²) in [7, 11) is 0.161. The summed E-state index contributed by atoms with van der Waals surface area (Å²) in [4.78, 5) is 2.42. The molecule has 0 aliphatic carbocycles. The third kappa shape index (κ3) is 7.18. The Bertz CT molecular complexity index is 294. The highest BCUT2D eigenvalue weighted by atomic mass is 28.4. The van der Waals surface area contributed by atoms with Crippen LogP contribution in [0.25, 0.3) is 0 Å². The summed E-state index contributed by atoms with van der Waals surface area (Å²) in [5, 5.41) is 0. The zero-order valence-electron chi connectivity index (χ0n) is 14.6. The van der Waals surface area contributed by atoms with Crippen molar-refractivity contribution < 1.29 is 23.1 Å². The van der Waals surface area contributed by atoms with Crippen LogP contribution in [-0.4, -0.2) is 87.4 Å². The first kappa shape index (κ1) is 20.2. The topological polar surface area (TPSA) is 49.4 Å². The second-order valence-electron chi connectivity index (χ2n) is 5.38. The first-order chi connectivity index (χ1) is 10.6. The van der Waals surface area contributed by atoms with Crippen LogP contribution in [0.5, 0.6) is 0 Å². The van der Waals surface area contributed by atoms with Crippen LogP contribution in [0.4, 0.5) is 0 Å². The zero-order valence-corrected chi connectivity index (χ0v) is 16.6. The molecule has 0 amide bonds. The van der Waals surface area contributed by atoms with Gasteiger partial charge in [0, 0.05) is 39.6 Å². The van der Waals surface area contributed by atoms with Gasteiger partial charge in [-0.05, 0) is 33.5 Å². The van der Waals surface area contributed by atoms with Gasteiger partial charge < -0.3 is 28.0 Å². The van der Waals surface area contributed by atoms with Gasteiger partial charge in [-0.2, -0.15) is 0 Å². The molecule has 0 N–H and O–H groups in total. The van der Waals surface area contributed by atoms with E-state index in [0.29, 0.717) is 35.9 Å². The Hall–Kier alpha value is 0.194. The third-order valence-corrected chi connectivity index (χ3v) is 7.36. The summed E-state index contributed by atoms with van der Waals surface area (Å²) >= 11 is 0. The summed E-state index contributed by atoms with van der Waals surface area (Å²) in [6, 6.07) is 0. The second-order valence-corrected chi connectivity index (χ2v) is 9.68. The monoisotopic (exact) mass is 349 g/mol. The van der Waals surface area contributed by atoms with Gasteiger partial charge in [-0.1, -0.05) is 0 Å². The molecule has 0 bridgehead atoms. The molecule has 2 unspecified atom stereocenters. The maximum absolute atomic E-state index is 6.18. The number of ether oxygens (including phenoxy) is 3. The van der Waals surface area contributed by atoms with Crippen molar-refractivity contribution in [3.05, 3.63) is 0 Å². The highest BCUT2D eigenvalue weighted by Crippen LogP contribution is 2.19. The largest absolute Gasteiger partial charge is 0.394 e. The lowest BCUT2D eigenvalue weighted by Gasteiger charge is -2.42. The van der Waals surface area contributed by atoms with Crippen molar-refractivity contribution in [2.24, 2.45) is 0 Å². The van der Waals surface area contributed by atoms with E-state index < -0.39 is 8.56 Å². The van der Waals surface area contributed by atoms with Crippen molar-refractivity contribution in [1.29, 1.82) is 0 Å². The molecule has 1 aliphatic heterocycles. The minimum Gasteiger partial charge on any atom is -0.394 e. The van der Waals surface area contributed by atoms with E-state index in [9.17, 15) is 0 Å². The molecule has 0 aromatic carbocycles. The molecule has 1 saturated heterocycles. The lowest BCUT2D eigenvalue weighted by molar-refractivity contribution is -0.0838. The molecule has 130 valence electrons. The quantitative estimate of drug-likeness (QED) is 0.410. The SMILES string of the molecule is CCOC(OCC)[Si]CN1CC(COC)O[Si](C)(OCC)C1. The Labute approximate surface area is 138 Å². The van der Waals surface area contributed by atoms with Gasteiger partial charge in [-0.3, -0.25) is 0 Å². The summed E-state index contributed by atoms with van der Waals surface area (Å²) in [5.74, 6) is -0.0984. The maximum Gasteiger partial charge on any atom is 0.349 e. The van der Waals surface area contributed by atoms with E-state index >= 15 is 0 Å². The van der Waals surface area contributed by atoms with Crippen LogP contribution in [0.3, 0.4) is 0 Å². The smallest absolute Gasteiger partial charge is 0.349 e. The fourth-order valence-electron chi connectivity index (χ4n) is 2.64. The number of hydrogen-bond donors (Lipinski definition) is 0. The average molecular weight is 350 g/mol. The number of rotatable bonds is 11. The predicted molar refractivity (Wildman–Crippen MR) is 89.2 cm³/mol. The molecule has 0 saturated carbocycles. The summed E-state index contributed by atoms with van der Waals surface area (Å²) in [6.07, 6.45) is 1.92. The molecule has 22 heavy (non-hydrogen) atoms. The van der Waals surface area contributed by atoms with E-state index in [-0.39, 0.29) is 12.0 Å². The summed E-state index contributed by atoms with van der Waals surface area (Å²) in [6.45, 7) is 11.7. The summed E-state index contributed by atoms with van der Waals surface area (Å²) < 4.78 is 28.7. The first-order valence-electron chi connectivity index (χ1n) is 8.06. The van der Waals surface area contributed by atoms with E-state index in [1.54, 1.807) is 7.11 Å². The highest BCUT2D eigenvalue weighted by molar-refractivity contribution is 6.66. The molecule has 0 aromatic rings. The highest BCUT2D eigenvalue weighted by Gasteiger charge is 2.41. The summed E-state index contributed by atoms with van der Waals surface area (Å²) in [5.41, 5.74) is 0. The number of methoxy groups -OCH3 is 1. The van der Waals surface area contributed by atoms with Gasteiger partial charge >= 0.3 is 8.56 Å². The van der Waals surface area contributed by atoms with Crippen LogP contribution < -0.4 is 0 Å². The molecule has 8 heteroatoms. The van der Waals surface area contributed by atoms with E-state index in [1.807, 2.05) is 20.8 Å². The molecule has 1 fully saturated rings. The van der Waals surface area contributed by atoms with Crippen molar-refractivity contribution in [2.75, 3.05) is 52.4 Å². The van der Waals surface area contributed by atoms with Gasteiger partial charge in [0.05, 0.1) is 12.7 Å². The van der Waals surface area contributed by atoms with Gasteiger partial charge in [-0.15, -0.1) is 0 Å². The average Bonchev–Trinajstić information content (AvgIpc) is 2.45. The fraction of sp³-hybridized carbons (Fsp3) is 1.00. The van der Waals surface area contributed by atoms with Crippen LogP contribution in [0.15, 0.2) is 0 Å². The molecule has 0 spiro atoms. The standard InChI is InChI=1S/C14H31NO5Si2/c1-6-17-14(18-7-2)21-11-15-9-13(10-16-4)20-22(5,12-15)19-8-3/h13-14H,6-12H2,1-5H3. The normalized spacial score (nSPS) is 26.7. The van der Waals surface area contributed by atoms with Crippen LogP contribution >= 0.6 is 0 Å². The Morgan fingerprint density at radius 3 is 2.45 bits per heavy atom. The van der Waals surface area contributed by atoms with Crippen LogP contribution in [-0.2, 0) is 23.1 Å². The maximum atomic E-state index is 6.18. The van der Waals surface area contributed by atoms with Gasteiger partial charge in [-0.25, -0.2) is 0 Å². The van der Waals surface area contributed by atoms with E-state index in [4.69, 9.17) is 23.1 Å². The molecule has 1 heterocycles. The Balaban J connectivity index is 2.55. The Morgan fingerprint density at radius 2 is 1.91 bits per heavy atom. The third-order valence-electron chi connectivity index (χ3n) is 3.31. The number of nitrogens with zero attached hydrogens (tertiary/aromatic N) is 1.